The standard InChI is InChI=1S/C13H21N3O3S/c1-8(2)16-13(17)7-15-20(18,19)11-5-9(3)10(4)12(14)6-11/h5-6,8,15H,7,14H2,1-4H3,(H,16,17). The first-order valence-corrected chi connectivity index (χ1v) is 7.77. The summed E-state index contributed by atoms with van der Waals surface area (Å²) in [7, 11) is -3.74. The van der Waals surface area contributed by atoms with E-state index in [1.807, 2.05) is 6.92 Å². The summed E-state index contributed by atoms with van der Waals surface area (Å²) in [5, 5.41) is 2.61. The van der Waals surface area contributed by atoms with Crippen molar-refractivity contribution in [1.29, 1.82) is 0 Å². The van der Waals surface area contributed by atoms with E-state index in [0.717, 1.165) is 11.1 Å². The van der Waals surface area contributed by atoms with Gasteiger partial charge in [-0.1, -0.05) is 0 Å². The highest BCUT2D eigenvalue weighted by Crippen LogP contribution is 2.21. The van der Waals surface area contributed by atoms with E-state index in [2.05, 4.69) is 10.0 Å². The Morgan fingerprint density at radius 3 is 2.40 bits per heavy atom. The minimum Gasteiger partial charge on any atom is -0.398 e. The molecule has 0 unspecified atom stereocenters. The van der Waals surface area contributed by atoms with E-state index >= 15 is 0 Å². The molecule has 0 heterocycles. The molecule has 4 N–H and O–H groups in total. The topological polar surface area (TPSA) is 101 Å². The van der Waals surface area contributed by atoms with Crippen LogP contribution >= 0.6 is 0 Å². The van der Waals surface area contributed by atoms with Crippen LogP contribution in [0.15, 0.2) is 17.0 Å². The van der Waals surface area contributed by atoms with Crippen LogP contribution in [0.3, 0.4) is 0 Å². The molecule has 0 radical (unpaired) electrons. The van der Waals surface area contributed by atoms with Crippen molar-refractivity contribution >= 4 is 21.6 Å². The average molecular weight is 299 g/mol. The molecule has 1 rings (SSSR count). The Morgan fingerprint density at radius 1 is 1.30 bits per heavy atom. The predicted octanol–water partition coefficient (Wildman–Crippen LogP) is 0.689. The van der Waals surface area contributed by atoms with E-state index in [9.17, 15) is 13.2 Å². The summed E-state index contributed by atoms with van der Waals surface area (Å²) in [6.07, 6.45) is 0. The number of nitrogens with one attached hydrogen (secondary N) is 2. The highest BCUT2D eigenvalue weighted by Gasteiger charge is 2.17. The summed E-state index contributed by atoms with van der Waals surface area (Å²) < 4.78 is 26.4. The van der Waals surface area contributed by atoms with Crippen molar-refractivity contribution < 1.29 is 13.2 Å². The minimum absolute atomic E-state index is 0.0377. The first-order valence-electron chi connectivity index (χ1n) is 6.29. The second kappa shape index (κ2) is 6.23. The third kappa shape index (κ3) is 4.21. The van der Waals surface area contributed by atoms with Crippen LogP contribution in [0.5, 0.6) is 0 Å². The third-order valence-electron chi connectivity index (χ3n) is 2.86. The van der Waals surface area contributed by atoms with Gasteiger partial charge in [0.2, 0.25) is 15.9 Å². The van der Waals surface area contributed by atoms with E-state index in [1.54, 1.807) is 20.8 Å². The van der Waals surface area contributed by atoms with Gasteiger partial charge in [-0.3, -0.25) is 4.79 Å². The van der Waals surface area contributed by atoms with Gasteiger partial charge >= 0.3 is 0 Å². The molecule has 0 aliphatic carbocycles. The summed E-state index contributed by atoms with van der Waals surface area (Å²) >= 11 is 0. The van der Waals surface area contributed by atoms with Crippen molar-refractivity contribution in [3.05, 3.63) is 23.3 Å². The monoisotopic (exact) mass is 299 g/mol. The number of sulfonamides is 1. The van der Waals surface area contributed by atoms with Gasteiger partial charge in [0.15, 0.2) is 0 Å². The van der Waals surface area contributed by atoms with Crippen LogP contribution in [0, 0.1) is 13.8 Å². The Labute approximate surface area is 119 Å². The van der Waals surface area contributed by atoms with Gasteiger partial charge in [-0.2, -0.15) is 0 Å². The number of carbonyl (C=O) groups is 1. The van der Waals surface area contributed by atoms with Crippen LogP contribution < -0.4 is 15.8 Å². The van der Waals surface area contributed by atoms with Crippen molar-refractivity contribution in [3.63, 3.8) is 0 Å². The quantitative estimate of drug-likeness (QED) is 0.696. The number of anilines is 1. The lowest BCUT2D eigenvalue weighted by Crippen LogP contribution is -2.39. The lowest BCUT2D eigenvalue weighted by atomic mass is 10.1. The molecule has 1 amide bonds. The number of hydrogen-bond donors (Lipinski definition) is 3. The van der Waals surface area contributed by atoms with E-state index in [-0.39, 0.29) is 23.4 Å². The molecule has 7 heteroatoms. The Bertz CT molecular complexity index is 586. The van der Waals surface area contributed by atoms with E-state index in [4.69, 9.17) is 5.73 Å². The molecule has 0 atom stereocenters. The number of nitrogen functional groups attached to an aromatic ring is 1. The highest BCUT2D eigenvalue weighted by atomic mass is 32.2. The maximum Gasteiger partial charge on any atom is 0.241 e. The van der Waals surface area contributed by atoms with Crippen molar-refractivity contribution in [2.75, 3.05) is 12.3 Å². The highest BCUT2D eigenvalue weighted by molar-refractivity contribution is 7.89. The second-order valence-corrected chi connectivity index (χ2v) is 6.77. The smallest absolute Gasteiger partial charge is 0.241 e. The third-order valence-corrected chi connectivity index (χ3v) is 4.24. The molecule has 0 saturated heterocycles. The molecule has 6 nitrogen and oxygen atoms in total. The fourth-order valence-corrected chi connectivity index (χ4v) is 2.73. The molecule has 0 spiro atoms. The van der Waals surface area contributed by atoms with Crippen LogP contribution in [0.2, 0.25) is 0 Å². The van der Waals surface area contributed by atoms with Crippen LogP contribution in [0.4, 0.5) is 5.69 Å². The number of amides is 1. The number of hydrogen-bond acceptors (Lipinski definition) is 4. The molecule has 1 aromatic carbocycles. The number of aryl methyl sites for hydroxylation is 1. The molecule has 0 aliphatic rings. The molecule has 112 valence electrons. The van der Waals surface area contributed by atoms with Gasteiger partial charge in [-0.25, -0.2) is 13.1 Å². The van der Waals surface area contributed by atoms with Crippen molar-refractivity contribution in [2.45, 2.75) is 38.6 Å². The molecule has 20 heavy (non-hydrogen) atoms. The van der Waals surface area contributed by atoms with Crippen LogP contribution in [-0.2, 0) is 14.8 Å². The fourth-order valence-electron chi connectivity index (χ4n) is 1.62. The number of benzene rings is 1. The molecular formula is C13H21N3O3S. The molecule has 0 fully saturated rings. The summed E-state index contributed by atoms with van der Waals surface area (Å²) in [4.78, 5) is 11.5. The fraction of sp³-hybridized carbons (Fsp3) is 0.462. The van der Waals surface area contributed by atoms with Gasteiger partial charge in [0.1, 0.15) is 0 Å². The van der Waals surface area contributed by atoms with Crippen LogP contribution in [0.1, 0.15) is 25.0 Å². The first kappa shape index (κ1) is 16.5. The Morgan fingerprint density at radius 2 is 1.90 bits per heavy atom. The Hall–Kier alpha value is -1.60. The normalized spacial score (nSPS) is 11.7. The van der Waals surface area contributed by atoms with Gasteiger partial charge in [-0.05, 0) is 51.0 Å². The second-order valence-electron chi connectivity index (χ2n) is 5.00. The zero-order valence-corrected chi connectivity index (χ0v) is 13.0. The summed E-state index contributed by atoms with van der Waals surface area (Å²) in [6, 6.07) is 2.89. The maximum atomic E-state index is 12.1. The summed E-state index contributed by atoms with van der Waals surface area (Å²) in [5.74, 6) is -0.375. The average Bonchev–Trinajstić information content (AvgIpc) is 2.32. The van der Waals surface area contributed by atoms with Crippen molar-refractivity contribution in [2.24, 2.45) is 0 Å². The van der Waals surface area contributed by atoms with E-state index in [0.29, 0.717) is 5.69 Å². The van der Waals surface area contributed by atoms with Crippen LogP contribution in [-0.4, -0.2) is 26.9 Å². The van der Waals surface area contributed by atoms with Gasteiger partial charge in [0, 0.05) is 11.7 Å². The number of rotatable bonds is 5. The number of nitrogens with two attached hydrogens (primary N) is 1. The molecule has 0 saturated carbocycles. The van der Waals surface area contributed by atoms with Gasteiger partial charge in [0.05, 0.1) is 11.4 Å². The molecule has 0 bridgehead atoms. The number of carbonyl (C=O) groups excluding carboxylic acids is 1. The Balaban J connectivity index is 2.87. The van der Waals surface area contributed by atoms with Gasteiger partial charge < -0.3 is 11.1 Å². The van der Waals surface area contributed by atoms with Crippen molar-refractivity contribution in [3.8, 4) is 0 Å². The van der Waals surface area contributed by atoms with Crippen LogP contribution in [0.25, 0.3) is 0 Å². The Kier molecular flexibility index (Phi) is 5.13. The lowest BCUT2D eigenvalue weighted by molar-refractivity contribution is -0.120. The molecule has 0 aromatic heterocycles. The first-order chi connectivity index (χ1) is 9.13. The SMILES string of the molecule is Cc1cc(S(=O)(=O)NCC(=O)NC(C)C)cc(N)c1C. The largest absolute Gasteiger partial charge is 0.398 e. The van der Waals surface area contributed by atoms with Gasteiger partial charge in [0.25, 0.3) is 0 Å². The van der Waals surface area contributed by atoms with E-state index < -0.39 is 10.0 Å². The lowest BCUT2D eigenvalue weighted by Gasteiger charge is -2.12. The summed E-state index contributed by atoms with van der Waals surface area (Å²) in [5.41, 5.74) is 7.82. The molecular weight excluding hydrogens is 278 g/mol. The van der Waals surface area contributed by atoms with Crippen molar-refractivity contribution in [1.82, 2.24) is 10.0 Å². The zero-order valence-electron chi connectivity index (χ0n) is 12.1. The molecule has 1 aromatic rings. The van der Waals surface area contributed by atoms with Gasteiger partial charge in [-0.15, -0.1) is 0 Å². The summed E-state index contributed by atoms with van der Waals surface area (Å²) in [6.45, 7) is 6.92. The maximum absolute atomic E-state index is 12.1. The minimum atomic E-state index is -3.74. The zero-order chi connectivity index (χ0) is 15.5. The molecule has 0 aliphatic heterocycles. The van der Waals surface area contributed by atoms with E-state index in [1.165, 1.54) is 12.1 Å². The predicted molar refractivity (Wildman–Crippen MR) is 78.8 cm³/mol.